The van der Waals surface area contributed by atoms with E-state index in [1.54, 1.807) is 0 Å². The van der Waals surface area contributed by atoms with Crippen molar-refractivity contribution in [2.75, 3.05) is 11.4 Å². The number of nitrogens with two attached hydrogens (primary N) is 1. The third-order valence-corrected chi connectivity index (χ3v) is 3.08. The number of rotatable bonds is 5. The summed E-state index contributed by atoms with van der Waals surface area (Å²) in [6, 6.07) is 6.04. The van der Waals surface area contributed by atoms with Gasteiger partial charge in [0.15, 0.2) is 0 Å². The molecule has 0 heterocycles. The first-order valence-electron chi connectivity index (χ1n) is 5.83. The summed E-state index contributed by atoms with van der Waals surface area (Å²) in [4.78, 5) is 2.69. The van der Waals surface area contributed by atoms with Crippen LogP contribution in [0, 0.1) is 0 Å². The highest BCUT2D eigenvalue weighted by Crippen LogP contribution is 2.26. The second kappa shape index (κ2) is 6.22. The molecule has 0 radical (unpaired) electrons. The molecule has 0 saturated carbocycles. The average molecular weight is 271 g/mol. The minimum Gasteiger partial charge on any atom is -0.389 e. The van der Waals surface area contributed by atoms with E-state index in [-0.39, 0.29) is 0 Å². The summed E-state index contributed by atoms with van der Waals surface area (Å²) < 4.78 is 0. The SMILES string of the molecule is CCCN(c1cc(Cl)ccc1C(N)=S)C(C)C. The van der Waals surface area contributed by atoms with Crippen LogP contribution in [0.2, 0.25) is 5.02 Å². The maximum Gasteiger partial charge on any atom is 0.106 e. The van der Waals surface area contributed by atoms with Gasteiger partial charge in [-0.1, -0.05) is 30.7 Å². The molecule has 0 spiro atoms. The number of nitrogens with zero attached hydrogens (tertiary/aromatic N) is 1. The number of hydrogen-bond donors (Lipinski definition) is 1. The Kier molecular flexibility index (Phi) is 5.22. The summed E-state index contributed by atoms with van der Waals surface area (Å²) in [5.41, 5.74) is 7.68. The largest absolute Gasteiger partial charge is 0.389 e. The van der Waals surface area contributed by atoms with Gasteiger partial charge in [0, 0.05) is 28.9 Å². The van der Waals surface area contributed by atoms with Gasteiger partial charge in [-0.25, -0.2) is 0 Å². The fourth-order valence-electron chi connectivity index (χ4n) is 1.85. The summed E-state index contributed by atoms with van der Waals surface area (Å²) in [7, 11) is 0. The zero-order chi connectivity index (χ0) is 13.0. The van der Waals surface area contributed by atoms with Gasteiger partial charge in [-0.2, -0.15) is 0 Å². The summed E-state index contributed by atoms with van der Waals surface area (Å²) in [6.45, 7) is 7.42. The average Bonchev–Trinajstić information content (AvgIpc) is 2.24. The Bertz CT molecular complexity index is 404. The molecule has 1 rings (SSSR count). The predicted molar refractivity (Wildman–Crippen MR) is 80.1 cm³/mol. The number of halogens is 1. The first-order chi connectivity index (χ1) is 7.97. The van der Waals surface area contributed by atoms with Crippen molar-refractivity contribution < 1.29 is 0 Å². The molecule has 0 aliphatic carbocycles. The molecule has 0 aliphatic rings. The third-order valence-electron chi connectivity index (χ3n) is 2.62. The molecule has 2 N–H and O–H groups in total. The van der Waals surface area contributed by atoms with E-state index in [0.29, 0.717) is 16.1 Å². The maximum atomic E-state index is 6.06. The summed E-state index contributed by atoms with van der Waals surface area (Å²) >= 11 is 11.2. The van der Waals surface area contributed by atoms with Gasteiger partial charge in [0.1, 0.15) is 4.99 Å². The summed E-state index contributed by atoms with van der Waals surface area (Å²) in [5.74, 6) is 0. The van der Waals surface area contributed by atoms with Crippen LogP contribution in [0.5, 0.6) is 0 Å². The smallest absolute Gasteiger partial charge is 0.106 e. The summed E-state index contributed by atoms with van der Waals surface area (Å²) in [5, 5.41) is 0.710. The normalized spacial score (nSPS) is 10.6. The van der Waals surface area contributed by atoms with E-state index < -0.39 is 0 Å². The van der Waals surface area contributed by atoms with Crippen molar-refractivity contribution in [1.82, 2.24) is 0 Å². The number of anilines is 1. The molecule has 17 heavy (non-hydrogen) atoms. The van der Waals surface area contributed by atoms with E-state index >= 15 is 0 Å². The van der Waals surface area contributed by atoms with Crippen LogP contribution in [0.1, 0.15) is 32.8 Å². The molecule has 0 aliphatic heterocycles. The highest BCUT2D eigenvalue weighted by atomic mass is 35.5. The van der Waals surface area contributed by atoms with Crippen LogP contribution in [0.3, 0.4) is 0 Å². The Balaban J connectivity index is 3.24. The predicted octanol–water partition coefficient (Wildman–Crippen LogP) is 3.60. The standard InChI is InChI=1S/C13H19ClN2S/c1-4-7-16(9(2)3)12-8-10(14)5-6-11(12)13(15)17/h5-6,8-9H,4,7H2,1-3H3,(H2,15,17). The Morgan fingerprint density at radius 3 is 2.59 bits per heavy atom. The van der Waals surface area contributed by atoms with Crippen molar-refractivity contribution >= 4 is 34.5 Å². The molecule has 1 aromatic carbocycles. The highest BCUT2D eigenvalue weighted by molar-refractivity contribution is 7.80. The van der Waals surface area contributed by atoms with Gasteiger partial charge in [0.25, 0.3) is 0 Å². The Morgan fingerprint density at radius 1 is 1.47 bits per heavy atom. The second-order valence-electron chi connectivity index (χ2n) is 4.31. The van der Waals surface area contributed by atoms with Crippen molar-refractivity contribution in [2.24, 2.45) is 5.73 Å². The lowest BCUT2D eigenvalue weighted by Gasteiger charge is -2.30. The lowest BCUT2D eigenvalue weighted by molar-refractivity contribution is 0.671. The van der Waals surface area contributed by atoms with Crippen LogP contribution < -0.4 is 10.6 Å². The van der Waals surface area contributed by atoms with Gasteiger partial charge in [-0.3, -0.25) is 0 Å². The number of thiocarbonyl (C=S) groups is 1. The Morgan fingerprint density at radius 2 is 2.12 bits per heavy atom. The van der Waals surface area contributed by atoms with Crippen LogP contribution in [0.15, 0.2) is 18.2 Å². The molecule has 0 unspecified atom stereocenters. The molecule has 0 saturated heterocycles. The van der Waals surface area contributed by atoms with E-state index in [0.717, 1.165) is 24.2 Å². The molecule has 1 aromatic rings. The van der Waals surface area contributed by atoms with E-state index in [2.05, 4.69) is 25.7 Å². The lowest BCUT2D eigenvalue weighted by atomic mass is 10.1. The zero-order valence-corrected chi connectivity index (χ0v) is 12.1. The van der Waals surface area contributed by atoms with Gasteiger partial charge in [-0.15, -0.1) is 0 Å². The first kappa shape index (κ1) is 14.3. The Hall–Kier alpha value is -0.800. The Labute approximate surface area is 114 Å². The van der Waals surface area contributed by atoms with Crippen molar-refractivity contribution in [1.29, 1.82) is 0 Å². The van der Waals surface area contributed by atoms with E-state index in [9.17, 15) is 0 Å². The fourth-order valence-corrected chi connectivity index (χ4v) is 2.19. The maximum absolute atomic E-state index is 6.06. The van der Waals surface area contributed by atoms with Crippen molar-refractivity contribution in [3.63, 3.8) is 0 Å². The van der Waals surface area contributed by atoms with Crippen molar-refractivity contribution in [3.8, 4) is 0 Å². The van der Waals surface area contributed by atoms with E-state index in [4.69, 9.17) is 29.6 Å². The van der Waals surface area contributed by atoms with Gasteiger partial charge < -0.3 is 10.6 Å². The zero-order valence-electron chi connectivity index (χ0n) is 10.5. The molecule has 0 fully saturated rings. The monoisotopic (exact) mass is 270 g/mol. The molecule has 0 bridgehead atoms. The molecule has 0 atom stereocenters. The minimum absolute atomic E-state index is 0.390. The topological polar surface area (TPSA) is 29.3 Å². The molecule has 94 valence electrons. The minimum atomic E-state index is 0.390. The molecular formula is C13H19ClN2S. The van der Waals surface area contributed by atoms with Gasteiger partial charge >= 0.3 is 0 Å². The molecular weight excluding hydrogens is 252 g/mol. The van der Waals surface area contributed by atoms with Gasteiger partial charge in [0.2, 0.25) is 0 Å². The van der Waals surface area contributed by atoms with Gasteiger partial charge in [0.05, 0.1) is 0 Å². The summed E-state index contributed by atoms with van der Waals surface area (Å²) in [6.07, 6.45) is 1.07. The molecule has 0 aromatic heterocycles. The molecule has 4 heteroatoms. The van der Waals surface area contributed by atoms with Crippen LogP contribution in [-0.2, 0) is 0 Å². The van der Waals surface area contributed by atoms with Crippen LogP contribution in [-0.4, -0.2) is 17.6 Å². The third kappa shape index (κ3) is 3.58. The van der Waals surface area contributed by atoms with Crippen molar-refractivity contribution in [3.05, 3.63) is 28.8 Å². The van der Waals surface area contributed by atoms with E-state index in [1.807, 2.05) is 18.2 Å². The van der Waals surface area contributed by atoms with Crippen LogP contribution in [0.25, 0.3) is 0 Å². The highest BCUT2D eigenvalue weighted by Gasteiger charge is 2.15. The quantitative estimate of drug-likeness (QED) is 0.829. The van der Waals surface area contributed by atoms with E-state index in [1.165, 1.54) is 0 Å². The molecule has 2 nitrogen and oxygen atoms in total. The molecule has 0 amide bonds. The van der Waals surface area contributed by atoms with Gasteiger partial charge in [-0.05, 0) is 38.5 Å². The second-order valence-corrected chi connectivity index (χ2v) is 5.19. The van der Waals surface area contributed by atoms with Crippen LogP contribution in [0.4, 0.5) is 5.69 Å². The number of hydrogen-bond acceptors (Lipinski definition) is 2. The van der Waals surface area contributed by atoms with Crippen LogP contribution >= 0.6 is 23.8 Å². The first-order valence-corrected chi connectivity index (χ1v) is 6.62. The lowest BCUT2D eigenvalue weighted by Crippen LogP contribution is -2.33. The fraction of sp³-hybridized carbons (Fsp3) is 0.462. The number of benzene rings is 1. The van der Waals surface area contributed by atoms with Crippen molar-refractivity contribution in [2.45, 2.75) is 33.2 Å².